The van der Waals surface area contributed by atoms with Crippen LogP contribution in [0.4, 0.5) is 0 Å². The highest BCUT2D eigenvalue weighted by Gasteiger charge is 2.41. The summed E-state index contributed by atoms with van der Waals surface area (Å²) in [6.07, 6.45) is 16.5. The van der Waals surface area contributed by atoms with Gasteiger partial charge in [0.15, 0.2) is 0 Å². The van der Waals surface area contributed by atoms with E-state index in [2.05, 4.69) is 12.2 Å². The van der Waals surface area contributed by atoms with Crippen LogP contribution in [0.15, 0.2) is 0 Å². The highest BCUT2D eigenvalue weighted by atomic mass is 16.3. The topological polar surface area (TPSA) is 32.3 Å². The third-order valence-electron chi connectivity index (χ3n) is 5.08. The zero-order valence-electron chi connectivity index (χ0n) is 12.8. The molecule has 112 valence electrons. The molecule has 2 heterocycles. The highest BCUT2D eigenvalue weighted by Crippen LogP contribution is 2.37. The lowest BCUT2D eigenvalue weighted by Crippen LogP contribution is -2.48. The molecular formula is C17H33NO. The second-order valence-electron chi connectivity index (χ2n) is 7.00. The van der Waals surface area contributed by atoms with Gasteiger partial charge in [-0.2, -0.15) is 0 Å². The Balaban J connectivity index is 1.51. The number of nitrogens with one attached hydrogen (secondary N) is 1. The van der Waals surface area contributed by atoms with Gasteiger partial charge in [-0.3, -0.25) is 0 Å². The minimum atomic E-state index is -0.334. The van der Waals surface area contributed by atoms with E-state index in [0.29, 0.717) is 12.1 Å². The van der Waals surface area contributed by atoms with Crippen molar-refractivity contribution in [3.8, 4) is 0 Å². The number of unbranched alkanes of at least 4 members (excludes halogenated alkanes) is 7. The van der Waals surface area contributed by atoms with Crippen molar-refractivity contribution in [1.29, 1.82) is 0 Å². The molecule has 0 aromatic heterocycles. The van der Waals surface area contributed by atoms with Crippen LogP contribution in [0.3, 0.4) is 0 Å². The first kappa shape index (κ1) is 15.3. The molecule has 0 radical (unpaired) electrons. The van der Waals surface area contributed by atoms with Crippen LogP contribution in [0.1, 0.15) is 90.4 Å². The zero-order chi connectivity index (χ0) is 13.6. The Kier molecular flexibility index (Phi) is 6.15. The maximum atomic E-state index is 10.7. The molecule has 0 aromatic rings. The first-order valence-corrected chi connectivity index (χ1v) is 8.70. The maximum Gasteiger partial charge on any atom is 0.0677 e. The minimum Gasteiger partial charge on any atom is -0.390 e. The number of hydrogen-bond donors (Lipinski definition) is 2. The van der Waals surface area contributed by atoms with E-state index in [-0.39, 0.29) is 5.60 Å². The standard InChI is InChI=1S/C17H33NO/c1-2-3-4-5-6-7-8-9-12-17(19)13-15-10-11-16(14-17)18-15/h15-16,18-19H,2-14H2,1H3. The number of fused-ring (bicyclic) bond motifs is 2. The second kappa shape index (κ2) is 7.64. The van der Waals surface area contributed by atoms with Crippen molar-refractivity contribution < 1.29 is 5.11 Å². The van der Waals surface area contributed by atoms with E-state index < -0.39 is 0 Å². The van der Waals surface area contributed by atoms with Crippen LogP contribution in [0, 0.1) is 0 Å². The van der Waals surface area contributed by atoms with E-state index in [1.165, 1.54) is 64.2 Å². The monoisotopic (exact) mass is 267 g/mol. The van der Waals surface area contributed by atoms with Gasteiger partial charge in [-0.15, -0.1) is 0 Å². The summed E-state index contributed by atoms with van der Waals surface area (Å²) in [5, 5.41) is 14.3. The third kappa shape index (κ3) is 5.07. The summed E-state index contributed by atoms with van der Waals surface area (Å²) in [6.45, 7) is 2.27. The molecule has 2 aliphatic heterocycles. The predicted molar refractivity (Wildman–Crippen MR) is 81.4 cm³/mol. The molecule has 19 heavy (non-hydrogen) atoms. The Hall–Kier alpha value is -0.0800. The molecule has 2 N–H and O–H groups in total. The molecule has 2 heteroatoms. The van der Waals surface area contributed by atoms with E-state index in [1.54, 1.807) is 0 Å². The Labute approximate surface area is 119 Å². The van der Waals surface area contributed by atoms with Crippen molar-refractivity contribution in [1.82, 2.24) is 5.32 Å². The van der Waals surface area contributed by atoms with E-state index in [0.717, 1.165) is 19.3 Å². The largest absolute Gasteiger partial charge is 0.390 e. The molecule has 2 bridgehead atoms. The number of hydrogen-bond acceptors (Lipinski definition) is 2. The van der Waals surface area contributed by atoms with Crippen LogP contribution < -0.4 is 5.32 Å². The summed E-state index contributed by atoms with van der Waals surface area (Å²) in [5.41, 5.74) is -0.334. The molecule has 0 saturated carbocycles. The van der Waals surface area contributed by atoms with Crippen molar-refractivity contribution in [2.24, 2.45) is 0 Å². The van der Waals surface area contributed by atoms with Gasteiger partial charge in [-0.25, -0.2) is 0 Å². The SMILES string of the molecule is CCCCCCCCCCC1(O)CC2CCC(C1)N2. The molecule has 2 unspecified atom stereocenters. The van der Waals surface area contributed by atoms with Crippen LogP contribution in [0.5, 0.6) is 0 Å². The van der Waals surface area contributed by atoms with Gasteiger partial charge in [0.05, 0.1) is 5.60 Å². The van der Waals surface area contributed by atoms with Gasteiger partial charge >= 0.3 is 0 Å². The van der Waals surface area contributed by atoms with E-state index in [4.69, 9.17) is 0 Å². The van der Waals surface area contributed by atoms with Crippen molar-refractivity contribution >= 4 is 0 Å². The molecule has 2 rings (SSSR count). The van der Waals surface area contributed by atoms with Gasteiger partial charge in [0.2, 0.25) is 0 Å². The highest BCUT2D eigenvalue weighted by molar-refractivity contribution is 4.99. The fraction of sp³-hybridized carbons (Fsp3) is 1.00. The first-order chi connectivity index (χ1) is 9.22. The Morgan fingerprint density at radius 1 is 0.895 bits per heavy atom. The molecule has 2 saturated heterocycles. The molecule has 0 spiro atoms. The van der Waals surface area contributed by atoms with Gasteiger partial charge in [0.1, 0.15) is 0 Å². The summed E-state index contributed by atoms with van der Waals surface area (Å²) in [6, 6.07) is 1.22. The smallest absolute Gasteiger partial charge is 0.0677 e. The number of aliphatic hydroxyl groups is 1. The average molecular weight is 267 g/mol. The Morgan fingerprint density at radius 3 is 2.00 bits per heavy atom. The predicted octanol–water partition coefficient (Wildman–Crippen LogP) is 4.16. The summed E-state index contributed by atoms with van der Waals surface area (Å²) < 4.78 is 0. The second-order valence-corrected chi connectivity index (χ2v) is 7.00. The van der Waals surface area contributed by atoms with E-state index in [9.17, 15) is 5.11 Å². The first-order valence-electron chi connectivity index (χ1n) is 8.70. The van der Waals surface area contributed by atoms with Gasteiger partial charge in [0.25, 0.3) is 0 Å². The van der Waals surface area contributed by atoms with Crippen molar-refractivity contribution in [2.75, 3.05) is 0 Å². The van der Waals surface area contributed by atoms with E-state index >= 15 is 0 Å². The summed E-state index contributed by atoms with van der Waals surface area (Å²) in [5.74, 6) is 0. The summed E-state index contributed by atoms with van der Waals surface area (Å²) in [7, 11) is 0. The quantitative estimate of drug-likeness (QED) is 0.615. The molecule has 0 amide bonds. The number of rotatable bonds is 9. The van der Waals surface area contributed by atoms with Crippen molar-refractivity contribution in [2.45, 2.75) is 108 Å². The zero-order valence-corrected chi connectivity index (χ0v) is 12.8. The van der Waals surface area contributed by atoms with Crippen molar-refractivity contribution in [3.05, 3.63) is 0 Å². The fourth-order valence-corrected chi connectivity index (χ4v) is 4.02. The van der Waals surface area contributed by atoms with Crippen LogP contribution >= 0.6 is 0 Å². The molecule has 0 aromatic carbocycles. The van der Waals surface area contributed by atoms with E-state index in [1.807, 2.05) is 0 Å². The third-order valence-corrected chi connectivity index (χ3v) is 5.08. The molecule has 0 aliphatic carbocycles. The summed E-state index contributed by atoms with van der Waals surface area (Å²) in [4.78, 5) is 0. The van der Waals surface area contributed by atoms with Crippen LogP contribution in [0.2, 0.25) is 0 Å². The van der Waals surface area contributed by atoms with Gasteiger partial charge < -0.3 is 10.4 Å². The fourth-order valence-electron chi connectivity index (χ4n) is 4.02. The summed E-state index contributed by atoms with van der Waals surface area (Å²) >= 11 is 0. The normalized spacial score (nSPS) is 33.8. The Morgan fingerprint density at radius 2 is 1.42 bits per heavy atom. The molecule has 2 nitrogen and oxygen atoms in total. The lowest BCUT2D eigenvalue weighted by Gasteiger charge is -2.37. The minimum absolute atomic E-state index is 0.334. The number of piperidine rings is 1. The lowest BCUT2D eigenvalue weighted by atomic mass is 9.83. The van der Waals surface area contributed by atoms with Crippen LogP contribution in [0.25, 0.3) is 0 Å². The maximum absolute atomic E-state index is 10.7. The van der Waals surface area contributed by atoms with Gasteiger partial charge in [-0.1, -0.05) is 58.3 Å². The van der Waals surface area contributed by atoms with Crippen LogP contribution in [-0.4, -0.2) is 22.8 Å². The molecule has 2 fully saturated rings. The van der Waals surface area contributed by atoms with Crippen molar-refractivity contribution in [3.63, 3.8) is 0 Å². The average Bonchev–Trinajstić information content (AvgIpc) is 2.73. The van der Waals surface area contributed by atoms with Gasteiger partial charge in [0, 0.05) is 12.1 Å². The lowest BCUT2D eigenvalue weighted by molar-refractivity contribution is -0.0159. The van der Waals surface area contributed by atoms with Gasteiger partial charge in [-0.05, 0) is 32.1 Å². The Bertz CT molecular complexity index is 242. The molecular weight excluding hydrogens is 234 g/mol. The molecule has 2 atom stereocenters. The van der Waals surface area contributed by atoms with Crippen LogP contribution in [-0.2, 0) is 0 Å². The molecule has 2 aliphatic rings.